The average molecular weight is 178 g/mol. The molecule has 0 bridgehead atoms. The molecule has 1 amide bonds. The number of amides is 1. The smallest absolute Gasteiger partial charge is 0.284 e. The number of carbonyl (C=O) groups excluding carboxylic acids is 1. The van der Waals surface area contributed by atoms with Crippen LogP contribution in [0.4, 0.5) is 5.69 Å². The van der Waals surface area contributed by atoms with E-state index in [-0.39, 0.29) is 12.5 Å². The van der Waals surface area contributed by atoms with E-state index >= 15 is 0 Å². The Morgan fingerprint density at radius 1 is 1.54 bits per heavy atom. The number of ether oxygens (including phenoxy) is 2. The van der Waals surface area contributed by atoms with Crippen LogP contribution in [-0.2, 0) is 4.79 Å². The Balaban J connectivity index is 2.38. The summed E-state index contributed by atoms with van der Waals surface area (Å²) in [5.74, 6) is 1.03. The van der Waals surface area contributed by atoms with Crippen molar-refractivity contribution in [1.29, 1.82) is 0 Å². The van der Waals surface area contributed by atoms with Crippen LogP contribution in [0.2, 0.25) is 0 Å². The van der Waals surface area contributed by atoms with Crippen LogP contribution >= 0.6 is 0 Å². The summed E-state index contributed by atoms with van der Waals surface area (Å²) < 4.78 is 10.1. The first kappa shape index (κ1) is 7.91. The highest BCUT2D eigenvalue weighted by atomic mass is 16.5. The van der Waals surface area contributed by atoms with Crippen LogP contribution < -0.4 is 14.8 Å². The first-order valence-corrected chi connectivity index (χ1v) is 3.85. The molecule has 2 rings (SSSR count). The van der Waals surface area contributed by atoms with E-state index in [4.69, 9.17) is 9.47 Å². The molecule has 0 fully saturated rings. The van der Waals surface area contributed by atoms with Crippen molar-refractivity contribution < 1.29 is 14.3 Å². The number of rotatable bonds is 1. The van der Waals surface area contributed by atoms with E-state index in [1.165, 1.54) is 0 Å². The molecule has 0 aromatic heterocycles. The predicted octanol–water partition coefficient (Wildman–Crippen LogP) is 0.850. The van der Waals surface area contributed by atoms with Crippen LogP contribution in [0.1, 0.15) is 0 Å². The van der Waals surface area contributed by atoms with Gasteiger partial charge in [-0.1, -0.05) is 0 Å². The zero-order valence-electron chi connectivity index (χ0n) is 7.11. The molecule has 1 heterocycles. The summed E-state index contributed by atoms with van der Waals surface area (Å²) >= 11 is 0. The second-order valence-corrected chi connectivity index (χ2v) is 2.63. The van der Waals surface area contributed by atoms with Gasteiger partial charge in [-0.2, -0.15) is 0 Å². The maximum absolute atomic E-state index is 10.9. The molecular weight excluding hydrogens is 170 g/mol. The lowest BCUT2D eigenvalue weighted by atomic mass is 10.2. The van der Waals surface area contributed by atoms with Crippen molar-refractivity contribution in [2.75, 3.05) is 13.7 Å². The van der Waals surface area contributed by atoms with Crippen LogP contribution in [0.5, 0.6) is 11.5 Å². The Bertz CT molecular complexity index is 349. The Labute approximate surface area is 75.5 Å². The van der Waals surface area contributed by atoms with Crippen LogP contribution in [0.25, 0.3) is 0 Å². The molecule has 0 unspecified atom stereocenters. The number of benzene rings is 1. The molecule has 0 N–H and O–H groups in total. The largest absolute Gasteiger partial charge is 0.497 e. The summed E-state index contributed by atoms with van der Waals surface area (Å²) in [7, 11) is 1.56. The quantitative estimate of drug-likeness (QED) is 0.640. The highest BCUT2D eigenvalue weighted by molar-refractivity contribution is 5.85. The molecule has 1 aromatic rings. The SMILES string of the molecule is COc1ccc2c(c1)[N]C(=O)CO2. The van der Waals surface area contributed by atoms with Gasteiger partial charge in [-0.25, -0.2) is 5.32 Å². The van der Waals surface area contributed by atoms with Crippen molar-refractivity contribution in [3.63, 3.8) is 0 Å². The van der Waals surface area contributed by atoms with Gasteiger partial charge in [0.2, 0.25) is 0 Å². The maximum Gasteiger partial charge on any atom is 0.284 e. The monoisotopic (exact) mass is 178 g/mol. The van der Waals surface area contributed by atoms with E-state index in [1.807, 2.05) is 0 Å². The number of hydrogen-bond donors (Lipinski definition) is 0. The Morgan fingerprint density at radius 2 is 2.38 bits per heavy atom. The third-order valence-electron chi connectivity index (χ3n) is 1.76. The summed E-state index contributed by atoms with van der Waals surface area (Å²) in [5.41, 5.74) is 0.538. The van der Waals surface area contributed by atoms with Crippen LogP contribution in [0.15, 0.2) is 18.2 Å². The highest BCUT2D eigenvalue weighted by Gasteiger charge is 2.17. The standard InChI is InChI=1S/C9H8NO3/c1-12-6-2-3-8-7(4-6)10-9(11)5-13-8/h2-4H,5H2,1H3. The molecule has 13 heavy (non-hydrogen) atoms. The molecule has 0 saturated carbocycles. The first-order chi connectivity index (χ1) is 6.29. The second-order valence-electron chi connectivity index (χ2n) is 2.63. The third-order valence-corrected chi connectivity index (χ3v) is 1.76. The van der Waals surface area contributed by atoms with Gasteiger partial charge in [0.1, 0.15) is 17.2 Å². The minimum atomic E-state index is -0.263. The Morgan fingerprint density at radius 3 is 3.15 bits per heavy atom. The zero-order valence-corrected chi connectivity index (χ0v) is 7.11. The average Bonchev–Trinajstić information content (AvgIpc) is 2.16. The van der Waals surface area contributed by atoms with Gasteiger partial charge in [-0.3, -0.25) is 4.79 Å². The van der Waals surface area contributed by atoms with Crippen LogP contribution in [0, 0.1) is 0 Å². The fraction of sp³-hybridized carbons (Fsp3) is 0.222. The van der Waals surface area contributed by atoms with E-state index in [0.717, 1.165) is 0 Å². The van der Waals surface area contributed by atoms with Gasteiger partial charge in [-0.05, 0) is 12.1 Å². The number of hydrogen-bond acceptors (Lipinski definition) is 3. The molecule has 0 aliphatic carbocycles. The maximum atomic E-state index is 10.9. The molecule has 0 saturated heterocycles. The van der Waals surface area contributed by atoms with Crippen molar-refractivity contribution in [3.05, 3.63) is 18.2 Å². The third kappa shape index (κ3) is 1.42. The minimum absolute atomic E-state index is 0.0271. The molecule has 1 aromatic carbocycles. The first-order valence-electron chi connectivity index (χ1n) is 3.85. The van der Waals surface area contributed by atoms with Gasteiger partial charge in [-0.15, -0.1) is 0 Å². The summed E-state index contributed by atoms with van der Waals surface area (Å²) in [4.78, 5) is 10.9. The van der Waals surface area contributed by atoms with E-state index in [2.05, 4.69) is 5.32 Å². The van der Waals surface area contributed by atoms with E-state index < -0.39 is 0 Å². The Kier molecular flexibility index (Phi) is 1.81. The molecular formula is C9H8NO3. The lowest BCUT2D eigenvalue weighted by molar-refractivity contribution is -0.123. The fourth-order valence-corrected chi connectivity index (χ4v) is 1.14. The van der Waals surface area contributed by atoms with Crippen LogP contribution in [-0.4, -0.2) is 19.6 Å². The zero-order chi connectivity index (χ0) is 9.26. The summed E-state index contributed by atoms with van der Waals surface area (Å²) in [5, 5.41) is 3.81. The second kappa shape index (κ2) is 2.97. The topological polar surface area (TPSA) is 49.6 Å². The Hall–Kier alpha value is -1.71. The van der Waals surface area contributed by atoms with Crippen molar-refractivity contribution in [1.82, 2.24) is 5.32 Å². The van der Waals surface area contributed by atoms with Gasteiger partial charge >= 0.3 is 0 Å². The summed E-state index contributed by atoms with van der Waals surface area (Å²) in [6.07, 6.45) is 0. The number of carbonyl (C=O) groups is 1. The normalized spacial score (nSPS) is 14.1. The molecule has 0 atom stereocenters. The summed E-state index contributed by atoms with van der Waals surface area (Å²) in [6.45, 7) is 0.0271. The molecule has 1 aliphatic rings. The fourth-order valence-electron chi connectivity index (χ4n) is 1.14. The lowest BCUT2D eigenvalue weighted by Gasteiger charge is -2.15. The summed E-state index contributed by atoms with van der Waals surface area (Å²) in [6, 6.07) is 5.18. The van der Waals surface area contributed by atoms with Crippen molar-refractivity contribution in [3.8, 4) is 11.5 Å². The number of methoxy groups -OCH3 is 1. The van der Waals surface area contributed by atoms with Gasteiger partial charge < -0.3 is 9.47 Å². The van der Waals surface area contributed by atoms with Gasteiger partial charge in [0.05, 0.1) is 7.11 Å². The van der Waals surface area contributed by atoms with E-state index in [0.29, 0.717) is 17.2 Å². The van der Waals surface area contributed by atoms with Crippen LogP contribution in [0.3, 0.4) is 0 Å². The van der Waals surface area contributed by atoms with E-state index in [9.17, 15) is 4.79 Å². The van der Waals surface area contributed by atoms with E-state index in [1.54, 1.807) is 25.3 Å². The number of fused-ring (bicyclic) bond motifs is 1. The van der Waals surface area contributed by atoms with Gasteiger partial charge in [0.15, 0.2) is 6.61 Å². The predicted molar refractivity (Wildman–Crippen MR) is 45.3 cm³/mol. The molecule has 67 valence electrons. The minimum Gasteiger partial charge on any atom is -0.497 e. The molecule has 4 nitrogen and oxygen atoms in total. The molecule has 1 radical (unpaired) electrons. The van der Waals surface area contributed by atoms with Gasteiger partial charge in [0, 0.05) is 6.07 Å². The lowest BCUT2D eigenvalue weighted by Crippen LogP contribution is -2.24. The van der Waals surface area contributed by atoms with Gasteiger partial charge in [0.25, 0.3) is 5.91 Å². The van der Waals surface area contributed by atoms with Crippen molar-refractivity contribution in [2.45, 2.75) is 0 Å². The molecule has 4 heteroatoms. The highest BCUT2D eigenvalue weighted by Crippen LogP contribution is 2.31. The molecule has 1 aliphatic heterocycles. The van der Waals surface area contributed by atoms with Crippen molar-refractivity contribution in [2.24, 2.45) is 0 Å². The number of nitrogens with zero attached hydrogens (tertiary/aromatic N) is 1. The van der Waals surface area contributed by atoms with Crippen molar-refractivity contribution >= 4 is 11.6 Å². The molecule has 0 spiro atoms.